The molecule has 2 amide bonds. The highest BCUT2D eigenvalue weighted by molar-refractivity contribution is 6.31. The molecule has 3 rings (SSSR count). The smallest absolute Gasteiger partial charge is 0.320 e. The van der Waals surface area contributed by atoms with Crippen molar-refractivity contribution in [1.29, 1.82) is 0 Å². The summed E-state index contributed by atoms with van der Waals surface area (Å²) in [6.45, 7) is 0.240. The van der Waals surface area contributed by atoms with Gasteiger partial charge in [0.2, 0.25) is 0 Å². The quantitative estimate of drug-likeness (QED) is 0.676. The van der Waals surface area contributed by atoms with Crippen molar-refractivity contribution in [2.24, 2.45) is 0 Å². The van der Waals surface area contributed by atoms with E-state index in [0.717, 1.165) is 23.8 Å². The van der Waals surface area contributed by atoms with Crippen LogP contribution in [0.5, 0.6) is 0 Å². The zero-order chi connectivity index (χ0) is 18.5. The summed E-state index contributed by atoms with van der Waals surface area (Å²) in [5.41, 5.74) is 1.00. The van der Waals surface area contributed by atoms with Gasteiger partial charge in [-0.25, -0.2) is 18.6 Å². The van der Waals surface area contributed by atoms with Crippen LogP contribution in [0, 0.1) is 11.6 Å². The number of carbonyl (C=O) groups is 1. The first-order valence-electron chi connectivity index (χ1n) is 7.73. The Morgan fingerprint density at radius 2 is 1.85 bits per heavy atom. The standard InChI is InChI=1S/C19H14ClF2N3O/c20-15-5-2-1-4-12(15)11-23-19(26)25-18-7-3-6-17(24-18)14-10-13(21)8-9-16(14)22/h1-10H,11H2,(H2,23,24,25,26). The Hall–Kier alpha value is -2.99. The lowest BCUT2D eigenvalue weighted by atomic mass is 10.1. The van der Waals surface area contributed by atoms with Crippen molar-refractivity contribution in [3.63, 3.8) is 0 Å². The van der Waals surface area contributed by atoms with Gasteiger partial charge in [0.05, 0.1) is 5.69 Å². The predicted octanol–water partition coefficient (Wildman–Crippen LogP) is 5.00. The monoisotopic (exact) mass is 373 g/mol. The van der Waals surface area contributed by atoms with Gasteiger partial charge in [-0.05, 0) is 42.0 Å². The molecule has 2 aromatic carbocycles. The van der Waals surface area contributed by atoms with Crippen molar-refractivity contribution < 1.29 is 13.6 Å². The predicted molar refractivity (Wildman–Crippen MR) is 96.9 cm³/mol. The number of nitrogens with one attached hydrogen (secondary N) is 2. The summed E-state index contributed by atoms with van der Waals surface area (Å²) in [5.74, 6) is -0.957. The van der Waals surface area contributed by atoms with Gasteiger partial charge < -0.3 is 5.32 Å². The molecule has 3 aromatic rings. The molecule has 0 fully saturated rings. The fourth-order valence-corrected chi connectivity index (χ4v) is 2.53. The molecule has 0 bridgehead atoms. The summed E-state index contributed by atoms with van der Waals surface area (Å²) in [4.78, 5) is 16.2. The van der Waals surface area contributed by atoms with Gasteiger partial charge in [0, 0.05) is 17.1 Å². The summed E-state index contributed by atoms with van der Waals surface area (Å²) in [5, 5.41) is 5.77. The van der Waals surface area contributed by atoms with Crippen LogP contribution in [0.2, 0.25) is 5.02 Å². The van der Waals surface area contributed by atoms with Gasteiger partial charge in [-0.2, -0.15) is 0 Å². The van der Waals surface area contributed by atoms with E-state index in [-0.39, 0.29) is 23.6 Å². The third-order valence-electron chi connectivity index (χ3n) is 3.59. The highest BCUT2D eigenvalue weighted by Crippen LogP contribution is 2.23. The minimum Gasteiger partial charge on any atom is -0.334 e. The maximum atomic E-state index is 13.9. The van der Waals surface area contributed by atoms with E-state index in [1.54, 1.807) is 30.3 Å². The Morgan fingerprint density at radius 1 is 1.04 bits per heavy atom. The molecular formula is C19H14ClF2N3O. The van der Waals surface area contributed by atoms with E-state index in [4.69, 9.17) is 11.6 Å². The zero-order valence-corrected chi connectivity index (χ0v) is 14.2. The minimum atomic E-state index is -0.598. The van der Waals surface area contributed by atoms with E-state index in [9.17, 15) is 13.6 Å². The van der Waals surface area contributed by atoms with E-state index < -0.39 is 17.7 Å². The molecule has 0 saturated carbocycles. The number of amides is 2. The van der Waals surface area contributed by atoms with E-state index in [0.29, 0.717) is 5.02 Å². The Balaban J connectivity index is 1.69. The molecule has 0 unspecified atom stereocenters. The third kappa shape index (κ3) is 4.34. The highest BCUT2D eigenvalue weighted by atomic mass is 35.5. The van der Waals surface area contributed by atoms with E-state index in [2.05, 4.69) is 15.6 Å². The highest BCUT2D eigenvalue weighted by Gasteiger charge is 2.10. The fourth-order valence-electron chi connectivity index (χ4n) is 2.33. The van der Waals surface area contributed by atoms with Crippen LogP contribution in [0.15, 0.2) is 60.7 Å². The van der Waals surface area contributed by atoms with Crippen LogP contribution < -0.4 is 10.6 Å². The normalized spacial score (nSPS) is 10.4. The zero-order valence-electron chi connectivity index (χ0n) is 13.5. The van der Waals surface area contributed by atoms with Crippen LogP contribution in [0.1, 0.15) is 5.56 Å². The number of halogens is 3. The number of rotatable bonds is 4. The largest absolute Gasteiger partial charge is 0.334 e. The summed E-state index contributed by atoms with van der Waals surface area (Å²) in [7, 11) is 0. The molecular weight excluding hydrogens is 360 g/mol. The third-order valence-corrected chi connectivity index (χ3v) is 3.96. The first kappa shape index (κ1) is 17.8. The van der Waals surface area contributed by atoms with Gasteiger partial charge in [0.15, 0.2) is 0 Å². The molecule has 1 heterocycles. The van der Waals surface area contributed by atoms with Gasteiger partial charge in [-0.1, -0.05) is 35.9 Å². The summed E-state index contributed by atoms with van der Waals surface area (Å²) < 4.78 is 27.2. The lowest BCUT2D eigenvalue weighted by Crippen LogP contribution is -2.28. The molecule has 1 aromatic heterocycles. The SMILES string of the molecule is O=C(NCc1ccccc1Cl)Nc1cccc(-c2cc(F)ccc2F)n1. The molecule has 0 spiro atoms. The van der Waals surface area contributed by atoms with E-state index >= 15 is 0 Å². The van der Waals surface area contributed by atoms with Gasteiger partial charge in [0.1, 0.15) is 17.5 Å². The Morgan fingerprint density at radius 3 is 2.65 bits per heavy atom. The van der Waals surface area contributed by atoms with Crippen LogP contribution in [0.4, 0.5) is 19.4 Å². The number of carbonyl (C=O) groups excluding carboxylic acids is 1. The molecule has 4 nitrogen and oxygen atoms in total. The van der Waals surface area contributed by atoms with Crippen LogP contribution >= 0.6 is 11.6 Å². The average Bonchev–Trinajstić information content (AvgIpc) is 2.63. The summed E-state index contributed by atoms with van der Waals surface area (Å²) in [6, 6.07) is 14.5. The molecule has 2 N–H and O–H groups in total. The van der Waals surface area contributed by atoms with Crippen LogP contribution in [-0.4, -0.2) is 11.0 Å². The first-order valence-corrected chi connectivity index (χ1v) is 8.11. The molecule has 0 radical (unpaired) electrons. The van der Waals surface area contributed by atoms with Crippen LogP contribution in [0.25, 0.3) is 11.3 Å². The Labute approximate surface area is 153 Å². The maximum Gasteiger partial charge on any atom is 0.320 e. The van der Waals surface area contributed by atoms with Crippen molar-refractivity contribution in [1.82, 2.24) is 10.3 Å². The molecule has 0 aliphatic heterocycles. The number of hydrogen-bond acceptors (Lipinski definition) is 2. The number of anilines is 1. The average molecular weight is 374 g/mol. The lowest BCUT2D eigenvalue weighted by Gasteiger charge is -2.09. The number of hydrogen-bond donors (Lipinski definition) is 2. The molecule has 0 saturated heterocycles. The lowest BCUT2D eigenvalue weighted by molar-refractivity contribution is 0.251. The molecule has 0 aliphatic rings. The molecule has 132 valence electrons. The second-order valence-electron chi connectivity index (χ2n) is 5.43. The van der Waals surface area contributed by atoms with Crippen molar-refractivity contribution in [3.8, 4) is 11.3 Å². The number of urea groups is 1. The maximum absolute atomic E-state index is 13.9. The fraction of sp³-hybridized carbons (Fsp3) is 0.0526. The molecule has 0 aliphatic carbocycles. The summed E-state index contributed by atoms with van der Waals surface area (Å²) >= 11 is 6.03. The van der Waals surface area contributed by atoms with Crippen molar-refractivity contribution >= 4 is 23.4 Å². The minimum absolute atomic E-state index is 0.0186. The van der Waals surface area contributed by atoms with Gasteiger partial charge in [0.25, 0.3) is 0 Å². The number of nitrogens with zero attached hydrogens (tertiary/aromatic N) is 1. The van der Waals surface area contributed by atoms with Crippen LogP contribution in [0.3, 0.4) is 0 Å². The number of benzene rings is 2. The van der Waals surface area contributed by atoms with E-state index in [1.165, 1.54) is 6.07 Å². The second kappa shape index (κ2) is 7.93. The van der Waals surface area contributed by atoms with E-state index in [1.807, 2.05) is 6.07 Å². The van der Waals surface area contributed by atoms with Gasteiger partial charge in [-0.15, -0.1) is 0 Å². The van der Waals surface area contributed by atoms with Gasteiger partial charge >= 0.3 is 6.03 Å². The Bertz CT molecular complexity index is 950. The van der Waals surface area contributed by atoms with Crippen molar-refractivity contribution in [2.45, 2.75) is 6.54 Å². The Kier molecular flexibility index (Phi) is 5.43. The second-order valence-corrected chi connectivity index (χ2v) is 5.84. The number of aromatic nitrogens is 1. The molecule has 7 heteroatoms. The number of pyridine rings is 1. The van der Waals surface area contributed by atoms with Crippen LogP contribution in [-0.2, 0) is 6.54 Å². The first-order chi connectivity index (χ1) is 12.5. The summed E-state index contributed by atoms with van der Waals surface area (Å²) in [6.07, 6.45) is 0. The topological polar surface area (TPSA) is 54.0 Å². The molecule has 26 heavy (non-hydrogen) atoms. The van der Waals surface area contributed by atoms with Crippen molar-refractivity contribution in [2.75, 3.05) is 5.32 Å². The molecule has 0 atom stereocenters. The van der Waals surface area contributed by atoms with Crippen molar-refractivity contribution in [3.05, 3.63) is 82.9 Å². The van der Waals surface area contributed by atoms with Gasteiger partial charge in [-0.3, -0.25) is 5.32 Å².